The molecule has 1 aromatic rings. The van der Waals surface area contributed by atoms with E-state index >= 15 is 0 Å². The molecule has 0 saturated heterocycles. The second-order valence-corrected chi connectivity index (χ2v) is 2.80. The number of hydrogen-bond acceptors (Lipinski definition) is 1. The van der Waals surface area contributed by atoms with Crippen molar-refractivity contribution in [3.8, 4) is 0 Å². The standard InChI is InChI=1S/C9H12N.W/c1-7(2)9-4-5-10-8(3)6-9;/h5-7H,1-3H3;/q-1;. The van der Waals surface area contributed by atoms with Crippen molar-refractivity contribution in [2.24, 2.45) is 0 Å². The minimum atomic E-state index is 0. The molecule has 1 nitrogen and oxygen atoms in total. The van der Waals surface area contributed by atoms with Crippen LogP contribution in [0.3, 0.4) is 0 Å². The predicted molar refractivity (Wildman–Crippen MR) is 41.9 cm³/mol. The van der Waals surface area contributed by atoms with Crippen molar-refractivity contribution in [3.05, 3.63) is 29.6 Å². The quantitative estimate of drug-likeness (QED) is 0.724. The predicted octanol–water partition coefficient (Wildman–Crippen LogP) is 2.31. The largest absolute Gasteiger partial charge is 0.301 e. The van der Waals surface area contributed by atoms with Crippen LogP contribution in [0, 0.1) is 13.0 Å². The van der Waals surface area contributed by atoms with Crippen LogP contribution in [-0.2, 0) is 21.1 Å². The molecular weight excluding hydrogens is 306 g/mol. The van der Waals surface area contributed by atoms with Crippen molar-refractivity contribution < 1.29 is 21.1 Å². The monoisotopic (exact) mass is 318 g/mol. The smallest absolute Gasteiger partial charge is 0 e. The Morgan fingerprint density at radius 2 is 2.09 bits per heavy atom. The summed E-state index contributed by atoms with van der Waals surface area (Å²) in [6.07, 6.45) is 1.74. The van der Waals surface area contributed by atoms with Gasteiger partial charge in [-0.3, -0.25) is 0 Å². The van der Waals surface area contributed by atoms with Gasteiger partial charge in [0, 0.05) is 21.1 Å². The Balaban J connectivity index is 0.000001000. The third-order valence-electron chi connectivity index (χ3n) is 1.49. The van der Waals surface area contributed by atoms with E-state index in [1.807, 2.05) is 6.92 Å². The van der Waals surface area contributed by atoms with Gasteiger partial charge in [-0.1, -0.05) is 26.0 Å². The Morgan fingerprint density at radius 3 is 2.45 bits per heavy atom. The summed E-state index contributed by atoms with van der Waals surface area (Å²) in [4.78, 5) is 4.07. The molecule has 1 heterocycles. The van der Waals surface area contributed by atoms with Crippen molar-refractivity contribution >= 4 is 0 Å². The van der Waals surface area contributed by atoms with Crippen LogP contribution < -0.4 is 0 Å². The van der Waals surface area contributed by atoms with Gasteiger partial charge < -0.3 is 4.98 Å². The summed E-state index contributed by atoms with van der Waals surface area (Å²) in [5.41, 5.74) is 2.31. The van der Waals surface area contributed by atoms with Gasteiger partial charge >= 0.3 is 0 Å². The summed E-state index contributed by atoms with van der Waals surface area (Å²) in [6, 6.07) is 5.17. The molecule has 1 rings (SSSR count). The van der Waals surface area contributed by atoms with Crippen LogP contribution in [0.4, 0.5) is 0 Å². The van der Waals surface area contributed by atoms with Gasteiger partial charge in [-0.2, -0.15) is 6.07 Å². The summed E-state index contributed by atoms with van der Waals surface area (Å²) < 4.78 is 0. The molecule has 0 N–H and O–H groups in total. The van der Waals surface area contributed by atoms with E-state index < -0.39 is 0 Å². The van der Waals surface area contributed by atoms with E-state index in [-0.39, 0.29) is 21.1 Å². The maximum absolute atomic E-state index is 4.07. The third kappa shape index (κ3) is 3.16. The van der Waals surface area contributed by atoms with Gasteiger partial charge in [0.2, 0.25) is 0 Å². The first-order valence-corrected chi connectivity index (χ1v) is 3.54. The van der Waals surface area contributed by atoms with E-state index in [2.05, 4.69) is 31.0 Å². The molecular formula is C9H12NW-. The van der Waals surface area contributed by atoms with E-state index in [0.29, 0.717) is 5.92 Å². The van der Waals surface area contributed by atoms with Crippen LogP contribution >= 0.6 is 0 Å². The molecule has 0 amide bonds. The Bertz CT molecular complexity index is 221. The van der Waals surface area contributed by atoms with Gasteiger partial charge in [0.15, 0.2) is 0 Å². The molecule has 0 saturated carbocycles. The van der Waals surface area contributed by atoms with E-state index in [4.69, 9.17) is 0 Å². The molecule has 11 heavy (non-hydrogen) atoms. The molecule has 0 aliphatic heterocycles. The van der Waals surface area contributed by atoms with Crippen LogP contribution in [0.15, 0.2) is 12.3 Å². The zero-order valence-electron chi connectivity index (χ0n) is 7.09. The van der Waals surface area contributed by atoms with Crippen LogP contribution in [-0.4, -0.2) is 4.98 Å². The van der Waals surface area contributed by atoms with E-state index in [1.165, 1.54) is 5.56 Å². The van der Waals surface area contributed by atoms with Gasteiger partial charge in [-0.25, -0.2) is 11.6 Å². The molecule has 0 aliphatic rings. The van der Waals surface area contributed by atoms with E-state index in [1.54, 1.807) is 6.20 Å². The number of hydrogen-bond donors (Lipinski definition) is 0. The van der Waals surface area contributed by atoms with Gasteiger partial charge in [-0.05, 0) is 12.6 Å². The maximum Gasteiger partial charge on any atom is 0 e. The molecule has 0 fully saturated rings. The van der Waals surface area contributed by atoms with Gasteiger partial charge in [0.25, 0.3) is 0 Å². The number of pyridine rings is 1. The topological polar surface area (TPSA) is 12.9 Å². The molecule has 0 aromatic carbocycles. The molecule has 0 atom stereocenters. The molecule has 60 valence electrons. The SMILES string of the molecule is Cc1cc(C(C)C)[c-]cn1.[W]. The fraction of sp³-hybridized carbons (Fsp3) is 0.444. The molecule has 0 bridgehead atoms. The minimum absolute atomic E-state index is 0. The molecule has 2 heteroatoms. The van der Waals surface area contributed by atoms with Crippen molar-refractivity contribution in [1.29, 1.82) is 0 Å². The number of aryl methyl sites for hydroxylation is 1. The number of aromatic nitrogens is 1. The molecule has 0 unspecified atom stereocenters. The summed E-state index contributed by atoms with van der Waals surface area (Å²) in [5, 5.41) is 0. The van der Waals surface area contributed by atoms with Crippen molar-refractivity contribution in [2.45, 2.75) is 26.7 Å². The second kappa shape index (κ2) is 4.66. The Kier molecular flexibility index (Phi) is 4.59. The van der Waals surface area contributed by atoms with E-state index in [9.17, 15) is 0 Å². The minimum Gasteiger partial charge on any atom is -0.301 e. The first-order valence-electron chi connectivity index (χ1n) is 3.54. The van der Waals surface area contributed by atoms with Gasteiger partial charge in [0.1, 0.15) is 0 Å². The van der Waals surface area contributed by atoms with Crippen molar-refractivity contribution in [3.63, 3.8) is 0 Å². The zero-order valence-corrected chi connectivity index (χ0v) is 10.0. The Hall–Kier alpha value is -0.162. The zero-order chi connectivity index (χ0) is 7.56. The van der Waals surface area contributed by atoms with Crippen LogP contribution in [0.2, 0.25) is 0 Å². The average molecular weight is 318 g/mol. The Labute approximate surface area is 82.5 Å². The number of rotatable bonds is 1. The summed E-state index contributed by atoms with van der Waals surface area (Å²) >= 11 is 0. The van der Waals surface area contributed by atoms with Crippen molar-refractivity contribution in [1.82, 2.24) is 4.98 Å². The van der Waals surface area contributed by atoms with Crippen molar-refractivity contribution in [2.75, 3.05) is 0 Å². The van der Waals surface area contributed by atoms with Gasteiger partial charge in [0.05, 0.1) is 0 Å². The molecule has 1 aromatic heterocycles. The van der Waals surface area contributed by atoms with E-state index in [0.717, 1.165) is 5.69 Å². The molecule has 0 spiro atoms. The third-order valence-corrected chi connectivity index (χ3v) is 1.49. The first kappa shape index (κ1) is 10.8. The maximum atomic E-state index is 4.07. The normalized spacial score (nSPS) is 9.45. The fourth-order valence-electron chi connectivity index (χ4n) is 0.846. The second-order valence-electron chi connectivity index (χ2n) is 2.80. The molecule has 0 radical (unpaired) electrons. The Morgan fingerprint density at radius 1 is 1.45 bits per heavy atom. The number of nitrogens with zero attached hydrogens (tertiary/aromatic N) is 1. The average Bonchev–Trinajstić information content (AvgIpc) is 1.88. The van der Waals surface area contributed by atoms with Crippen LogP contribution in [0.5, 0.6) is 0 Å². The van der Waals surface area contributed by atoms with Crippen LogP contribution in [0.1, 0.15) is 31.0 Å². The summed E-state index contributed by atoms with van der Waals surface area (Å²) in [6.45, 7) is 6.32. The first-order chi connectivity index (χ1) is 4.70. The molecule has 0 aliphatic carbocycles. The van der Waals surface area contributed by atoms with Crippen LogP contribution in [0.25, 0.3) is 0 Å². The van der Waals surface area contributed by atoms with Gasteiger partial charge in [-0.15, -0.1) is 0 Å². The summed E-state index contributed by atoms with van der Waals surface area (Å²) in [5.74, 6) is 0.557. The fourth-order valence-corrected chi connectivity index (χ4v) is 0.846. The summed E-state index contributed by atoms with van der Waals surface area (Å²) in [7, 11) is 0.